The summed E-state index contributed by atoms with van der Waals surface area (Å²) in [6.07, 6.45) is -4.48. The van der Waals surface area contributed by atoms with Crippen molar-refractivity contribution < 1.29 is 13.2 Å². The Morgan fingerprint density at radius 3 is 2.17 bits per heavy atom. The number of alkyl halides is 3. The lowest BCUT2D eigenvalue weighted by atomic mass is 9.87. The van der Waals surface area contributed by atoms with Gasteiger partial charge in [0.15, 0.2) is 0 Å². The highest BCUT2D eigenvalue weighted by Gasteiger charge is 2.42. The van der Waals surface area contributed by atoms with Crippen molar-refractivity contribution in [3.05, 3.63) is 113 Å². The van der Waals surface area contributed by atoms with Gasteiger partial charge >= 0.3 is 6.18 Å². The second-order valence-electron chi connectivity index (χ2n) is 7.61. The molecule has 0 saturated carbocycles. The van der Waals surface area contributed by atoms with E-state index < -0.39 is 17.7 Å². The number of benzene rings is 3. The molecule has 4 aromatic rings. The maximum Gasteiger partial charge on any atom is 0.416 e. The molecular weight excluding hydrogens is 383 g/mol. The summed E-state index contributed by atoms with van der Waals surface area (Å²) in [5.74, 6) is -0.492. The Hall–Kier alpha value is -3.40. The van der Waals surface area contributed by atoms with Crippen molar-refractivity contribution in [3.63, 3.8) is 0 Å². The van der Waals surface area contributed by atoms with Gasteiger partial charge in [-0.25, -0.2) is 4.98 Å². The van der Waals surface area contributed by atoms with E-state index in [1.165, 1.54) is 6.07 Å². The molecule has 0 saturated heterocycles. The van der Waals surface area contributed by atoms with Crippen molar-refractivity contribution in [2.45, 2.75) is 19.0 Å². The summed E-state index contributed by atoms with van der Waals surface area (Å²) in [7, 11) is 0. The average molecular weight is 401 g/mol. The van der Waals surface area contributed by atoms with Crippen molar-refractivity contribution in [2.24, 2.45) is 0 Å². The first-order valence-electron chi connectivity index (χ1n) is 9.77. The van der Waals surface area contributed by atoms with E-state index in [0.29, 0.717) is 17.0 Å². The highest BCUT2D eigenvalue weighted by molar-refractivity contribution is 5.81. The number of aryl methyl sites for hydroxylation is 1. The van der Waals surface area contributed by atoms with Crippen molar-refractivity contribution in [2.75, 3.05) is 0 Å². The first kappa shape index (κ1) is 18.6. The lowest BCUT2D eigenvalue weighted by Gasteiger charge is -2.20. The lowest BCUT2D eigenvalue weighted by Crippen LogP contribution is -2.13. The molecule has 1 unspecified atom stereocenters. The lowest BCUT2D eigenvalue weighted by molar-refractivity contribution is -0.138. The van der Waals surface area contributed by atoms with E-state index in [2.05, 4.69) is 0 Å². The summed E-state index contributed by atoms with van der Waals surface area (Å²) in [4.78, 5) is 4.74. The summed E-state index contributed by atoms with van der Waals surface area (Å²) in [5, 5.41) is 0. The molecule has 0 N–H and O–H groups in total. The smallest absolute Gasteiger partial charge is 0.247 e. The molecule has 1 heterocycles. The Morgan fingerprint density at radius 1 is 0.800 bits per heavy atom. The molecule has 1 atom stereocenters. The van der Waals surface area contributed by atoms with Crippen molar-refractivity contribution in [1.82, 2.24) is 4.98 Å². The van der Waals surface area contributed by atoms with Gasteiger partial charge in [-0.15, -0.1) is 0 Å². The largest absolute Gasteiger partial charge is 0.416 e. The van der Waals surface area contributed by atoms with Crippen LogP contribution in [0.1, 0.15) is 33.7 Å². The number of halogens is 3. The van der Waals surface area contributed by atoms with Gasteiger partial charge in [0, 0.05) is 22.6 Å². The van der Waals surface area contributed by atoms with E-state index in [1.807, 2.05) is 85.8 Å². The van der Waals surface area contributed by atoms with Crippen LogP contribution in [0.4, 0.5) is 13.2 Å². The number of nitrogens with zero attached hydrogens (tertiary/aromatic N) is 1. The van der Waals surface area contributed by atoms with Crippen LogP contribution in [0, 0.1) is 6.92 Å². The molecule has 0 amide bonds. The summed E-state index contributed by atoms with van der Waals surface area (Å²) in [6, 6.07) is 25.4. The normalized spacial score (nSPS) is 15.0. The van der Waals surface area contributed by atoms with E-state index >= 15 is 0 Å². The maximum atomic E-state index is 14.3. The van der Waals surface area contributed by atoms with E-state index in [9.17, 15) is 13.2 Å². The van der Waals surface area contributed by atoms with Crippen molar-refractivity contribution in [1.29, 1.82) is 0 Å². The molecule has 4 heteroatoms. The van der Waals surface area contributed by atoms with E-state index in [1.54, 1.807) is 0 Å². The van der Waals surface area contributed by atoms with Gasteiger partial charge in [0.05, 0.1) is 17.0 Å². The van der Waals surface area contributed by atoms with Gasteiger partial charge in [-0.2, -0.15) is 13.2 Å². The van der Waals surface area contributed by atoms with Crippen LogP contribution in [0.2, 0.25) is 0 Å². The molecule has 0 spiro atoms. The quantitative estimate of drug-likeness (QED) is 0.304. The number of rotatable bonds is 2. The third kappa shape index (κ3) is 3.00. The Morgan fingerprint density at radius 2 is 1.47 bits per heavy atom. The fraction of sp³-hybridized carbons (Fsp3) is 0.115. The van der Waals surface area contributed by atoms with Crippen LogP contribution in [0.5, 0.6) is 0 Å². The first-order chi connectivity index (χ1) is 14.4. The van der Waals surface area contributed by atoms with E-state index in [4.69, 9.17) is 4.98 Å². The number of pyridine rings is 1. The van der Waals surface area contributed by atoms with Gasteiger partial charge in [-0.3, -0.25) is 0 Å². The zero-order valence-corrected chi connectivity index (χ0v) is 16.2. The minimum atomic E-state index is -4.48. The molecule has 0 radical (unpaired) electrons. The third-order valence-electron chi connectivity index (χ3n) is 5.66. The molecule has 1 aromatic heterocycles. The van der Waals surface area contributed by atoms with Gasteiger partial charge in [0.1, 0.15) is 0 Å². The Bertz CT molecular complexity index is 1230. The minimum absolute atomic E-state index is 0.241. The SMILES string of the molecule is Cc1ccc(-c2cc(C(F)(F)F)c3c(n2)-c2ccccc2C3c2ccccc2)cc1. The third-order valence-corrected chi connectivity index (χ3v) is 5.66. The molecular formula is C26H18F3N. The summed E-state index contributed by atoms with van der Waals surface area (Å²) in [6.45, 7) is 1.95. The Labute approximate surface area is 172 Å². The monoisotopic (exact) mass is 401 g/mol. The van der Waals surface area contributed by atoms with Crippen LogP contribution in [0.25, 0.3) is 22.5 Å². The molecule has 1 nitrogen and oxygen atoms in total. The van der Waals surface area contributed by atoms with E-state index in [0.717, 1.165) is 22.3 Å². The standard InChI is InChI=1S/C26H18F3N/c1-16-11-13-17(14-12-16)22-15-21(26(27,28)29)24-23(18-7-3-2-4-8-18)19-9-5-6-10-20(19)25(24)30-22/h2-15,23H,1H3. The average Bonchev–Trinajstić information content (AvgIpc) is 3.08. The van der Waals surface area contributed by atoms with Crippen molar-refractivity contribution >= 4 is 0 Å². The molecule has 1 aliphatic rings. The van der Waals surface area contributed by atoms with Crippen LogP contribution in [-0.4, -0.2) is 4.98 Å². The number of aromatic nitrogens is 1. The zero-order chi connectivity index (χ0) is 20.9. The second kappa shape index (κ2) is 6.84. The summed E-state index contributed by atoms with van der Waals surface area (Å²) < 4.78 is 42.9. The molecule has 30 heavy (non-hydrogen) atoms. The van der Waals surface area contributed by atoms with Gasteiger partial charge in [-0.05, 0) is 24.1 Å². The second-order valence-corrected chi connectivity index (χ2v) is 7.61. The highest BCUT2D eigenvalue weighted by Crippen LogP contribution is 2.52. The molecule has 0 fully saturated rings. The fourth-order valence-electron chi connectivity index (χ4n) is 4.27. The predicted molar refractivity (Wildman–Crippen MR) is 112 cm³/mol. The predicted octanol–water partition coefficient (Wildman–Crippen LogP) is 7.24. The number of hydrogen-bond acceptors (Lipinski definition) is 1. The molecule has 0 aliphatic heterocycles. The topological polar surface area (TPSA) is 12.9 Å². The van der Waals surface area contributed by atoms with Crippen LogP contribution in [0.3, 0.4) is 0 Å². The molecule has 5 rings (SSSR count). The van der Waals surface area contributed by atoms with Crippen LogP contribution < -0.4 is 0 Å². The van der Waals surface area contributed by atoms with Gasteiger partial charge in [0.25, 0.3) is 0 Å². The number of fused-ring (bicyclic) bond motifs is 3. The Balaban J connectivity index is 1.83. The van der Waals surface area contributed by atoms with Crippen LogP contribution >= 0.6 is 0 Å². The minimum Gasteiger partial charge on any atom is -0.247 e. The van der Waals surface area contributed by atoms with Crippen LogP contribution in [-0.2, 0) is 6.18 Å². The zero-order valence-electron chi connectivity index (χ0n) is 16.2. The first-order valence-corrected chi connectivity index (χ1v) is 9.77. The van der Waals surface area contributed by atoms with Gasteiger partial charge < -0.3 is 0 Å². The highest BCUT2D eigenvalue weighted by atomic mass is 19.4. The summed E-state index contributed by atoms with van der Waals surface area (Å²) in [5.41, 5.74) is 4.56. The van der Waals surface area contributed by atoms with Crippen molar-refractivity contribution in [3.8, 4) is 22.5 Å². The molecule has 1 aliphatic carbocycles. The maximum absolute atomic E-state index is 14.3. The van der Waals surface area contributed by atoms with Gasteiger partial charge in [0.2, 0.25) is 0 Å². The van der Waals surface area contributed by atoms with Crippen LogP contribution in [0.15, 0.2) is 84.9 Å². The van der Waals surface area contributed by atoms with Gasteiger partial charge in [-0.1, -0.05) is 84.4 Å². The Kier molecular flexibility index (Phi) is 4.24. The number of hydrogen-bond donors (Lipinski definition) is 0. The molecule has 3 aromatic carbocycles. The summed E-state index contributed by atoms with van der Waals surface area (Å²) >= 11 is 0. The fourth-order valence-corrected chi connectivity index (χ4v) is 4.27. The molecule has 0 bridgehead atoms. The molecule has 148 valence electrons. The van der Waals surface area contributed by atoms with E-state index in [-0.39, 0.29) is 5.56 Å².